The molecule has 1 heterocycles. The van der Waals surface area contributed by atoms with Gasteiger partial charge in [0.25, 0.3) is 0 Å². The molecule has 4 nitrogen and oxygen atoms in total. The Morgan fingerprint density at radius 2 is 2.05 bits per heavy atom. The Balaban J connectivity index is 0.00000242. The lowest BCUT2D eigenvalue weighted by Crippen LogP contribution is -2.38. The van der Waals surface area contributed by atoms with Crippen molar-refractivity contribution in [2.75, 3.05) is 25.0 Å². The fraction of sp³-hybridized carbons (Fsp3) is 0.588. The lowest BCUT2D eigenvalue weighted by Gasteiger charge is -2.33. The van der Waals surface area contributed by atoms with Crippen LogP contribution < -0.4 is 11.1 Å². The third-order valence-electron chi connectivity index (χ3n) is 4.15. The number of rotatable bonds is 5. The first kappa shape index (κ1) is 19.2. The molecule has 1 aliphatic heterocycles. The van der Waals surface area contributed by atoms with Crippen LogP contribution in [-0.2, 0) is 0 Å². The van der Waals surface area contributed by atoms with Gasteiger partial charge in [0.2, 0.25) is 0 Å². The molecule has 1 saturated heterocycles. The van der Waals surface area contributed by atoms with E-state index in [1.165, 1.54) is 31.4 Å². The van der Waals surface area contributed by atoms with Crippen LogP contribution in [-0.4, -0.2) is 36.5 Å². The van der Waals surface area contributed by atoms with Crippen molar-refractivity contribution >= 4 is 35.6 Å². The van der Waals surface area contributed by atoms with Crippen LogP contribution in [0.25, 0.3) is 0 Å². The van der Waals surface area contributed by atoms with Crippen molar-refractivity contribution in [2.45, 2.75) is 45.6 Å². The zero-order chi connectivity index (χ0) is 15.1. The van der Waals surface area contributed by atoms with Gasteiger partial charge in [-0.1, -0.05) is 24.1 Å². The number of piperidine rings is 1. The van der Waals surface area contributed by atoms with E-state index in [0.717, 1.165) is 31.2 Å². The Hall–Kier alpha value is -0.820. The second-order valence-corrected chi connectivity index (χ2v) is 5.99. The fourth-order valence-electron chi connectivity index (χ4n) is 2.79. The number of halogens is 1. The Labute approximate surface area is 151 Å². The number of hydrogen-bond donors (Lipinski definition) is 2. The van der Waals surface area contributed by atoms with Crippen molar-refractivity contribution in [2.24, 2.45) is 10.7 Å². The number of hydrogen-bond acceptors (Lipinski definition) is 2. The molecule has 0 amide bonds. The van der Waals surface area contributed by atoms with E-state index in [-0.39, 0.29) is 24.0 Å². The molecule has 1 aliphatic rings. The van der Waals surface area contributed by atoms with E-state index in [0.29, 0.717) is 5.96 Å². The first-order valence-corrected chi connectivity index (χ1v) is 8.03. The highest BCUT2D eigenvalue weighted by molar-refractivity contribution is 14.0. The van der Waals surface area contributed by atoms with E-state index in [1.54, 1.807) is 0 Å². The zero-order valence-corrected chi connectivity index (χ0v) is 16.0. The Morgan fingerprint density at radius 3 is 2.73 bits per heavy atom. The van der Waals surface area contributed by atoms with E-state index in [4.69, 9.17) is 5.73 Å². The van der Waals surface area contributed by atoms with Crippen LogP contribution in [0.2, 0.25) is 0 Å². The molecule has 1 aromatic rings. The third-order valence-corrected chi connectivity index (χ3v) is 4.15. The number of aliphatic imine (C=N–C) groups is 1. The summed E-state index contributed by atoms with van der Waals surface area (Å²) in [5.74, 6) is 0.505. The summed E-state index contributed by atoms with van der Waals surface area (Å²) >= 11 is 0. The maximum Gasteiger partial charge on any atom is 0.193 e. The number of likely N-dealkylation sites (tertiary alicyclic amines) is 1. The molecule has 0 saturated carbocycles. The van der Waals surface area contributed by atoms with Gasteiger partial charge >= 0.3 is 0 Å². The van der Waals surface area contributed by atoms with E-state index < -0.39 is 0 Å². The van der Waals surface area contributed by atoms with Crippen LogP contribution in [0.5, 0.6) is 0 Å². The molecule has 1 unspecified atom stereocenters. The molecule has 1 fully saturated rings. The van der Waals surface area contributed by atoms with Crippen LogP contribution in [0.3, 0.4) is 0 Å². The Kier molecular flexibility index (Phi) is 8.78. The van der Waals surface area contributed by atoms with Crippen molar-refractivity contribution in [1.82, 2.24) is 4.90 Å². The highest BCUT2D eigenvalue weighted by Crippen LogP contribution is 2.16. The van der Waals surface area contributed by atoms with Crippen molar-refractivity contribution in [3.8, 4) is 0 Å². The highest BCUT2D eigenvalue weighted by Gasteiger charge is 2.16. The van der Waals surface area contributed by atoms with Gasteiger partial charge in [-0.25, -0.2) is 0 Å². The topological polar surface area (TPSA) is 53.6 Å². The number of nitrogens with one attached hydrogen (secondary N) is 1. The summed E-state index contributed by atoms with van der Waals surface area (Å²) in [6.45, 7) is 7.55. The standard InChI is InChI=1S/C17H28N4.HI/c1-14-7-9-16(10-8-14)20-17(18)19-11-5-13-21-12-4-3-6-15(21)2;/h7-10,15H,3-6,11-13H2,1-2H3,(H3,18,19,20);1H. The summed E-state index contributed by atoms with van der Waals surface area (Å²) in [6, 6.07) is 8.90. The molecule has 0 bridgehead atoms. The second kappa shape index (κ2) is 10.0. The van der Waals surface area contributed by atoms with Gasteiger partial charge in [-0.2, -0.15) is 0 Å². The minimum absolute atomic E-state index is 0. The molecule has 0 aliphatic carbocycles. The number of benzene rings is 1. The van der Waals surface area contributed by atoms with Gasteiger partial charge in [0.1, 0.15) is 0 Å². The minimum Gasteiger partial charge on any atom is -0.370 e. The van der Waals surface area contributed by atoms with Gasteiger partial charge < -0.3 is 16.0 Å². The minimum atomic E-state index is 0. The van der Waals surface area contributed by atoms with Crippen molar-refractivity contribution in [3.05, 3.63) is 29.8 Å². The van der Waals surface area contributed by atoms with E-state index >= 15 is 0 Å². The quantitative estimate of drug-likeness (QED) is 0.334. The fourth-order valence-corrected chi connectivity index (χ4v) is 2.79. The molecule has 1 atom stereocenters. The van der Waals surface area contributed by atoms with Crippen LogP contribution >= 0.6 is 24.0 Å². The summed E-state index contributed by atoms with van der Waals surface area (Å²) in [6.07, 6.45) is 5.12. The lowest BCUT2D eigenvalue weighted by molar-refractivity contribution is 0.160. The number of aryl methyl sites for hydroxylation is 1. The molecule has 124 valence electrons. The molecule has 5 heteroatoms. The van der Waals surface area contributed by atoms with Crippen molar-refractivity contribution in [3.63, 3.8) is 0 Å². The van der Waals surface area contributed by atoms with Crippen molar-refractivity contribution in [1.29, 1.82) is 0 Å². The number of nitrogens with two attached hydrogens (primary N) is 1. The molecule has 1 aromatic carbocycles. The predicted molar refractivity (Wildman–Crippen MR) is 106 cm³/mol. The number of anilines is 1. The molecule has 22 heavy (non-hydrogen) atoms. The van der Waals surface area contributed by atoms with Crippen molar-refractivity contribution < 1.29 is 0 Å². The molecule has 0 radical (unpaired) electrons. The van der Waals surface area contributed by atoms with E-state index in [2.05, 4.69) is 41.2 Å². The van der Waals surface area contributed by atoms with Crippen LogP contribution in [0.15, 0.2) is 29.3 Å². The molecular formula is C17H29IN4. The Morgan fingerprint density at radius 1 is 1.32 bits per heavy atom. The maximum atomic E-state index is 5.92. The summed E-state index contributed by atoms with van der Waals surface area (Å²) in [5, 5.41) is 3.13. The smallest absolute Gasteiger partial charge is 0.193 e. The SMILES string of the molecule is Cc1ccc(NC(N)=NCCCN2CCCCC2C)cc1.I. The second-order valence-electron chi connectivity index (χ2n) is 5.99. The van der Waals surface area contributed by atoms with Gasteiger partial charge in [-0.05, 0) is 51.8 Å². The average molecular weight is 416 g/mol. The Bertz CT molecular complexity index is 458. The van der Waals surface area contributed by atoms with Gasteiger partial charge in [-0.3, -0.25) is 4.99 Å². The largest absolute Gasteiger partial charge is 0.370 e. The molecule has 3 N–H and O–H groups in total. The molecule has 0 spiro atoms. The van der Waals surface area contributed by atoms with E-state index in [1.807, 2.05) is 12.1 Å². The van der Waals surface area contributed by atoms with Crippen LogP contribution in [0.1, 0.15) is 38.2 Å². The lowest BCUT2D eigenvalue weighted by atomic mass is 10.0. The number of nitrogens with zero attached hydrogens (tertiary/aromatic N) is 2. The van der Waals surface area contributed by atoms with Gasteiger partial charge in [0.05, 0.1) is 0 Å². The van der Waals surface area contributed by atoms with Gasteiger partial charge in [0.15, 0.2) is 5.96 Å². The summed E-state index contributed by atoms with van der Waals surface area (Å²) in [7, 11) is 0. The van der Waals surface area contributed by atoms with Crippen LogP contribution in [0, 0.1) is 6.92 Å². The summed E-state index contributed by atoms with van der Waals surface area (Å²) in [5.41, 5.74) is 8.15. The predicted octanol–water partition coefficient (Wildman–Crippen LogP) is 3.60. The zero-order valence-electron chi connectivity index (χ0n) is 13.7. The normalized spacial score (nSPS) is 19.5. The van der Waals surface area contributed by atoms with Gasteiger partial charge in [0, 0.05) is 24.8 Å². The summed E-state index contributed by atoms with van der Waals surface area (Å²) < 4.78 is 0. The van der Waals surface area contributed by atoms with E-state index in [9.17, 15) is 0 Å². The molecule has 2 rings (SSSR count). The molecule has 0 aromatic heterocycles. The monoisotopic (exact) mass is 416 g/mol. The third kappa shape index (κ3) is 6.52. The highest BCUT2D eigenvalue weighted by atomic mass is 127. The first-order valence-electron chi connectivity index (χ1n) is 8.03. The van der Waals surface area contributed by atoms with Gasteiger partial charge in [-0.15, -0.1) is 24.0 Å². The first-order chi connectivity index (χ1) is 10.1. The summed E-state index contributed by atoms with van der Waals surface area (Å²) in [4.78, 5) is 6.98. The average Bonchev–Trinajstić information content (AvgIpc) is 2.48. The number of guanidine groups is 1. The van der Waals surface area contributed by atoms with Crippen LogP contribution in [0.4, 0.5) is 5.69 Å². The maximum absolute atomic E-state index is 5.92. The molecular weight excluding hydrogens is 387 g/mol.